The summed E-state index contributed by atoms with van der Waals surface area (Å²) < 4.78 is 12.2. The summed E-state index contributed by atoms with van der Waals surface area (Å²) in [6.45, 7) is 2.33. The standard InChI is InChI=1S/C17H14ClN5O3S/c1-9-14(27-16(20-9)10-6-19-23(2)7-10)8-25-11-3-4-12(13(18)5-11)15-21-17(24)26-22-15/h3-7H,8H2,1-2H3,(H,21,22,24). The van der Waals surface area contributed by atoms with E-state index in [-0.39, 0.29) is 5.82 Å². The van der Waals surface area contributed by atoms with Crippen LogP contribution in [-0.4, -0.2) is 24.9 Å². The number of aromatic nitrogens is 5. The number of ether oxygens (including phenoxy) is 1. The number of rotatable bonds is 5. The zero-order valence-electron chi connectivity index (χ0n) is 14.4. The van der Waals surface area contributed by atoms with Gasteiger partial charge in [-0.15, -0.1) is 11.3 Å². The summed E-state index contributed by atoms with van der Waals surface area (Å²) >= 11 is 7.84. The Morgan fingerprint density at radius 2 is 2.22 bits per heavy atom. The van der Waals surface area contributed by atoms with E-state index in [0.29, 0.717) is 22.9 Å². The van der Waals surface area contributed by atoms with Gasteiger partial charge in [-0.2, -0.15) is 15.2 Å². The first-order valence-electron chi connectivity index (χ1n) is 7.93. The third-order valence-electron chi connectivity index (χ3n) is 3.85. The number of thiazole rings is 1. The molecular formula is C17H14ClN5O3S. The van der Waals surface area contributed by atoms with Crippen LogP contribution < -0.4 is 10.5 Å². The fourth-order valence-corrected chi connectivity index (χ4v) is 3.70. The molecule has 3 aromatic heterocycles. The SMILES string of the molecule is Cc1nc(-c2cnn(C)c2)sc1COc1ccc(-c2nc(=O)o[nH]2)c(Cl)c1. The number of H-pyrrole nitrogens is 1. The van der Waals surface area contributed by atoms with Crippen LogP contribution in [0, 0.1) is 6.92 Å². The molecule has 27 heavy (non-hydrogen) atoms. The van der Waals surface area contributed by atoms with E-state index in [1.807, 2.05) is 20.2 Å². The number of hydrogen-bond acceptors (Lipinski definition) is 7. The Hall–Kier alpha value is -2.91. The fourth-order valence-electron chi connectivity index (χ4n) is 2.49. The van der Waals surface area contributed by atoms with Crippen molar-refractivity contribution < 1.29 is 9.26 Å². The molecule has 0 aliphatic carbocycles. The molecule has 3 heterocycles. The van der Waals surface area contributed by atoms with E-state index >= 15 is 0 Å². The Bertz CT molecular complexity index is 1160. The molecule has 0 saturated heterocycles. The van der Waals surface area contributed by atoms with Gasteiger partial charge in [-0.3, -0.25) is 4.68 Å². The van der Waals surface area contributed by atoms with Crippen molar-refractivity contribution in [2.45, 2.75) is 13.5 Å². The summed E-state index contributed by atoms with van der Waals surface area (Å²) in [5.74, 6) is 0.174. The topological polar surface area (TPSA) is 98.8 Å². The summed E-state index contributed by atoms with van der Waals surface area (Å²) in [4.78, 5) is 20.4. The summed E-state index contributed by atoms with van der Waals surface area (Å²) in [7, 11) is 1.87. The van der Waals surface area contributed by atoms with Crippen molar-refractivity contribution in [1.29, 1.82) is 0 Å². The lowest BCUT2D eigenvalue weighted by atomic mass is 10.2. The molecule has 4 rings (SSSR count). The maximum absolute atomic E-state index is 11.1. The van der Waals surface area contributed by atoms with E-state index in [9.17, 15) is 4.79 Å². The van der Waals surface area contributed by atoms with Crippen LogP contribution in [0.15, 0.2) is 39.9 Å². The molecular weight excluding hydrogens is 390 g/mol. The van der Waals surface area contributed by atoms with Gasteiger partial charge >= 0.3 is 5.76 Å². The number of hydrogen-bond donors (Lipinski definition) is 1. The highest BCUT2D eigenvalue weighted by atomic mass is 35.5. The van der Waals surface area contributed by atoms with Gasteiger partial charge in [0.15, 0.2) is 5.82 Å². The molecule has 138 valence electrons. The van der Waals surface area contributed by atoms with E-state index in [1.54, 1.807) is 40.4 Å². The second kappa shape index (κ2) is 7.01. The first kappa shape index (κ1) is 17.5. The molecule has 0 amide bonds. The van der Waals surface area contributed by atoms with Crippen molar-refractivity contribution >= 4 is 22.9 Å². The van der Waals surface area contributed by atoms with Gasteiger partial charge in [0.1, 0.15) is 17.4 Å². The molecule has 0 spiro atoms. The number of nitrogens with zero attached hydrogens (tertiary/aromatic N) is 4. The molecule has 0 aliphatic rings. The van der Waals surface area contributed by atoms with Crippen LogP contribution in [0.5, 0.6) is 5.75 Å². The summed E-state index contributed by atoms with van der Waals surface area (Å²) in [5.41, 5.74) is 2.45. The molecule has 0 unspecified atom stereocenters. The lowest BCUT2D eigenvalue weighted by molar-refractivity contribution is 0.309. The number of nitrogens with one attached hydrogen (secondary N) is 1. The quantitative estimate of drug-likeness (QED) is 0.548. The highest BCUT2D eigenvalue weighted by molar-refractivity contribution is 7.15. The van der Waals surface area contributed by atoms with Gasteiger partial charge in [0.05, 0.1) is 21.8 Å². The van der Waals surface area contributed by atoms with Crippen LogP contribution in [0.4, 0.5) is 0 Å². The van der Waals surface area contributed by atoms with Gasteiger partial charge < -0.3 is 9.26 Å². The molecule has 8 nitrogen and oxygen atoms in total. The van der Waals surface area contributed by atoms with Crippen LogP contribution in [0.1, 0.15) is 10.6 Å². The maximum atomic E-state index is 11.1. The van der Waals surface area contributed by atoms with E-state index < -0.39 is 5.76 Å². The first-order chi connectivity index (χ1) is 13.0. The van der Waals surface area contributed by atoms with E-state index in [4.69, 9.17) is 16.3 Å². The van der Waals surface area contributed by atoms with Crippen LogP contribution >= 0.6 is 22.9 Å². The van der Waals surface area contributed by atoms with Gasteiger partial charge in [-0.1, -0.05) is 11.6 Å². The molecule has 10 heteroatoms. The van der Waals surface area contributed by atoms with Crippen LogP contribution in [0.25, 0.3) is 22.0 Å². The highest BCUT2D eigenvalue weighted by Gasteiger charge is 2.13. The molecule has 0 aliphatic heterocycles. The Morgan fingerprint density at radius 1 is 1.37 bits per heavy atom. The smallest absolute Gasteiger partial charge is 0.460 e. The minimum absolute atomic E-state index is 0.274. The second-order valence-electron chi connectivity index (χ2n) is 5.79. The average Bonchev–Trinajstić information content (AvgIpc) is 3.34. The number of aromatic amines is 1. The van der Waals surface area contributed by atoms with Crippen LogP contribution in [0.3, 0.4) is 0 Å². The average molecular weight is 404 g/mol. The third-order valence-corrected chi connectivity index (χ3v) is 5.34. The van der Waals surface area contributed by atoms with Crippen molar-refractivity contribution in [3.05, 3.63) is 56.7 Å². The summed E-state index contributed by atoms with van der Waals surface area (Å²) in [6, 6.07) is 5.14. The minimum Gasteiger partial charge on any atom is -0.488 e. The molecule has 0 bridgehead atoms. The number of aryl methyl sites for hydroxylation is 2. The summed E-state index contributed by atoms with van der Waals surface area (Å²) in [6.07, 6.45) is 3.71. The third kappa shape index (κ3) is 3.64. The van der Waals surface area contributed by atoms with Crippen molar-refractivity contribution in [2.75, 3.05) is 0 Å². The van der Waals surface area contributed by atoms with Crippen molar-refractivity contribution in [3.63, 3.8) is 0 Å². The number of halogens is 1. The monoisotopic (exact) mass is 403 g/mol. The van der Waals surface area contributed by atoms with Crippen molar-refractivity contribution in [1.82, 2.24) is 24.9 Å². The van der Waals surface area contributed by atoms with E-state index in [0.717, 1.165) is 21.1 Å². The minimum atomic E-state index is -0.702. The zero-order valence-corrected chi connectivity index (χ0v) is 16.0. The second-order valence-corrected chi connectivity index (χ2v) is 7.28. The fraction of sp³-hybridized carbons (Fsp3) is 0.176. The molecule has 0 saturated carbocycles. The number of benzene rings is 1. The highest BCUT2D eigenvalue weighted by Crippen LogP contribution is 2.31. The first-order valence-corrected chi connectivity index (χ1v) is 9.12. The van der Waals surface area contributed by atoms with E-state index in [2.05, 4.69) is 24.7 Å². The Kier molecular flexibility index (Phi) is 4.54. The predicted octanol–water partition coefficient (Wildman–Crippen LogP) is 3.43. The molecule has 0 atom stereocenters. The van der Waals surface area contributed by atoms with Crippen LogP contribution in [-0.2, 0) is 13.7 Å². The molecule has 4 aromatic rings. The molecule has 1 N–H and O–H groups in total. The summed E-state index contributed by atoms with van der Waals surface area (Å²) in [5, 5.41) is 7.91. The van der Waals surface area contributed by atoms with Gasteiger partial charge in [-0.05, 0) is 25.1 Å². The molecule has 0 fully saturated rings. The Morgan fingerprint density at radius 3 is 2.89 bits per heavy atom. The predicted molar refractivity (Wildman–Crippen MR) is 101 cm³/mol. The van der Waals surface area contributed by atoms with Gasteiger partial charge in [0, 0.05) is 24.4 Å². The molecule has 0 radical (unpaired) electrons. The zero-order chi connectivity index (χ0) is 19.0. The van der Waals surface area contributed by atoms with Gasteiger partial charge in [0.2, 0.25) is 0 Å². The lowest BCUT2D eigenvalue weighted by Gasteiger charge is -2.07. The van der Waals surface area contributed by atoms with Gasteiger partial charge in [0.25, 0.3) is 0 Å². The molecule has 1 aromatic carbocycles. The Balaban J connectivity index is 1.50. The largest absolute Gasteiger partial charge is 0.488 e. The van der Waals surface area contributed by atoms with Gasteiger partial charge in [-0.25, -0.2) is 9.78 Å². The lowest BCUT2D eigenvalue weighted by Crippen LogP contribution is -1.96. The van der Waals surface area contributed by atoms with Crippen molar-refractivity contribution in [3.8, 4) is 27.7 Å². The Labute approximate surface area is 162 Å². The van der Waals surface area contributed by atoms with Crippen LogP contribution in [0.2, 0.25) is 5.02 Å². The van der Waals surface area contributed by atoms with E-state index in [1.165, 1.54) is 0 Å². The van der Waals surface area contributed by atoms with Crippen molar-refractivity contribution in [2.24, 2.45) is 7.05 Å². The normalized spacial score (nSPS) is 11.1. The maximum Gasteiger partial charge on any atom is 0.460 e.